The van der Waals surface area contributed by atoms with Gasteiger partial charge in [-0.25, -0.2) is 0 Å². The Bertz CT molecular complexity index is 1180. The average Bonchev–Trinajstić information content (AvgIpc) is 3.52. The maximum atomic E-state index is 5.48. The highest BCUT2D eigenvalue weighted by Gasteiger charge is 2.25. The summed E-state index contributed by atoms with van der Waals surface area (Å²) in [5.74, 6) is 0. The molecule has 0 spiro atoms. The molecule has 3 nitrogen and oxygen atoms in total. The van der Waals surface area contributed by atoms with Crippen molar-refractivity contribution in [1.29, 1.82) is 0 Å². The van der Waals surface area contributed by atoms with E-state index in [-0.39, 0.29) is 0 Å². The SMILES string of the molecule is CCn1c2ccccc2c2cc(/C=C/N(CC3CO3)c3ccc(C)cc3)ccc21. The van der Waals surface area contributed by atoms with Crippen LogP contribution in [0.2, 0.25) is 0 Å². The lowest BCUT2D eigenvalue weighted by Gasteiger charge is -2.19. The predicted molar refractivity (Wildman–Crippen MR) is 122 cm³/mol. The van der Waals surface area contributed by atoms with Crippen LogP contribution < -0.4 is 4.90 Å². The van der Waals surface area contributed by atoms with Crippen LogP contribution in [0.25, 0.3) is 27.9 Å². The number of ether oxygens (including phenoxy) is 1. The van der Waals surface area contributed by atoms with E-state index in [1.165, 1.54) is 38.6 Å². The molecule has 2 heterocycles. The highest BCUT2D eigenvalue weighted by Crippen LogP contribution is 2.30. The van der Waals surface area contributed by atoms with Crippen LogP contribution in [0.1, 0.15) is 18.1 Å². The first-order chi connectivity index (χ1) is 14.2. The Labute approximate surface area is 171 Å². The minimum atomic E-state index is 0.339. The van der Waals surface area contributed by atoms with Gasteiger partial charge in [0.2, 0.25) is 0 Å². The molecule has 3 heteroatoms. The molecule has 0 amide bonds. The van der Waals surface area contributed by atoms with Gasteiger partial charge in [-0.2, -0.15) is 0 Å². The van der Waals surface area contributed by atoms with E-state index < -0.39 is 0 Å². The van der Waals surface area contributed by atoms with Crippen molar-refractivity contribution >= 4 is 33.6 Å². The van der Waals surface area contributed by atoms with Crippen molar-refractivity contribution < 1.29 is 4.74 Å². The zero-order valence-corrected chi connectivity index (χ0v) is 17.0. The number of anilines is 1. The molecule has 1 aliphatic rings. The molecule has 1 saturated heterocycles. The smallest absolute Gasteiger partial charge is 0.0988 e. The summed E-state index contributed by atoms with van der Waals surface area (Å²) in [5.41, 5.74) is 6.29. The molecule has 1 atom stereocenters. The van der Waals surface area contributed by atoms with Crippen molar-refractivity contribution in [2.75, 3.05) is 18.1 Å². The van der Waals surface area contributed by atoms with Crippen molar-refractivity contribution in [1.82, 2.24) is 4.57 Å². The fourth-order valence-corrected chi connectivity index (χ4v) is 4.07. The number of aromatic nitrogens is 1. The van der Waals surface area contributed by atoms with Gasteiger partial charge >= 0.3 is 0 Å². The van der Waals surface area contributed by atoms with E-state index in [9.17, 15) is 0 Å². The number of fused-ring (bicyclic) bond motifs is 3. The van der Waals surface area contributed by atoms with Crippen LogP contribution in [0.15, 0.2) is 72.9 Å². The van der Waals surface area contributed by atoms with Gasteiger partial charge in [-0.3, -0.25) is 0 Å². The highest BCUT2D eigenvalue weighted by molar-refractivity contribution is 6.08. The van der Waals surface area contributed by atoms with Crippen LogP contribution in [0, 0.1) is 6.92 Å². The van der Waals surface area contributed by atoms with Crippen LogP contribution in [-0.2, 0) is 11.3 Å². The summed E-state index contributed by atoms with van der Waals surface area (Å²) in [7, 11) is 0. The van der Waals surface area contributed by atoms with E-state index in [1.54, 1.807) is 0 Å². The Balaban J connectivity index is 1.51. The van der Waals surface area contributed by atoms with Crippen LogP contribution in [0.5, 0.6) is 0 Å². The van der Waals surface area contributed by atoms with Crippen LogP contribution >= 0.6 is 0 Å². The zero-order valence-electron chi connectivity index (χ0n) is 17.0. The minimum absolute atomic E-state index is 0.339. The summed E-state index contributed by atoms with van der Waals surface area (Å²) >= 11 is 0. The Kier molecular flexibility index (Phi) is 4.61. The number of hydrogen-bond acceptors (Lipinski definition) is 2. The van der Waals surface area contributed by atoms with Gasteiger partial charge < -0.3 is 14.2 Å². The van der Waals surface area contributed by atoms with Crippen LogP contribution in [0.4, 0.5) is 5.69 Å². The van der Waals surface area contributed by atoms with E-state index in [1.807, 2.05) is 0 Å². The highest BCUT2D eigenvalue weighted by atomic mass is 16.6. The predicted octanol–water partition coefficient (Wildman–Crippen LogP) is 6.00. The van der Waals surface area contributed by atoms with Gasteiger partial charge in [0.05, 0.1) is 19.3 Å². The Morgan fingerprint density at radius 3 is 2.52 bits per heavy atom. The second-order valence-corrected chi connectivity index (χ2v) is 7.80. The molecule has 3 aromatic carbocycles. The molecule has 146 valence electrons. The van der Waals surface area contributed by atoms with Crippen molar-refractivity contribution in [3.63, 3.8) is 0 Å². The molecule has 0 aliphatic carbocycles. The number of rotatable bonds is 6. The normalized spacial score (nSPS) is 16.1. The van der Waals surface area contributed by atoms with E-state index >= 15 is 0 Å². The number of epoxide rings is 1. The van der Waals surface area contributed by atoms with E-state index in [2.05, 4.69) is 102 Å². The summed E-state index contributed by atoms with van der Waals surface area (Å²) in [5, 5.41) is 2.64. The Morgan fingerprint density at radius 2 is 1.76 bits per heavy atom. The summed E-state index contributed by atoms with van der Waals surface area (Å²) in [4.78, 5) is 2.29. The largest absolute Gasteiger partial charge is 0.371 e. The van der Waals surface area contributed by atoms with Gasteiger partial charge in [-0.1, -0.05) is 42.0 Å². The summed E-state index contributed by atoms with van der Waals surface area (Å²) < 4.78 is 7.87. The molecule has 1 aliphatic heterocycles. The molecule has 29 heavy (non-hydrogen) atoms. The maximum absolute atomic E-state index is 5.48. The molecule has 1 aromatic heterocycles. The lowest BCUT2D eigenvalue weighted by molar-refractivity contribution is 0.411. The molecule has 0 saturated carbocycles. The van der Waals surface area contributed by atoms with Gasteiger partial charge in [0.25, 0.3) is 0 Å². The standard InChI is InChI=1S/C26H26N2O/c1-3-28-25-7-5-4-6-23(25)24-16-20(10-13-26(24)28)14-15-27(17-22-18-29-22)21-11-8-19(2)9-12-21/h4-16,22H,3,17-18H2,1-2H3/b15-14+. The van der Waals surface area contributed by atoms with E-state index in [4.69, 9.17) is 4.74 Å². The summed E-state index contributed by atoms with van der Waals surface area (Å²) in [6.07, 6.45) is 4.73. The third kappa shape index (κ3) is 3.54. The molecular weight excluding hydrogens is 356 g/mol. The fourth-order valence-electron chi connectivity index (χ4n) is 4.07. The number of para-hydroxylation sites is 1. The van der Waals surface area contributed by atoms with Crippen molar-refractivity contribution in [2.24, 2.45) is 0 Å². The number of hydrogen-bond donors (Lipinski definition) is 0. The third-order valence-electron chi connectivity index (χ3n) is 5.73. The van der Waals surface area contributed by atoms with Crippen LogP contribution in [0.3, 0.4) is 0 Å². The van der Waals surface area contributed by atoms with Crippen molar-refractivity contribution in [2.45, 2.75) is 26.5 Å². The summed E-state index contributed by atoms with van der Waals surface area (Å²) in [6.45, 7) is 7.05. The molecule has 0 N–H and O–H groups in total. The molecule has 1 unspecified atom stereocenters. The van der Waals surface area contributed by atoms with E-state index in [0.717, 1.165) is 19.7 Å². The van der Waals surface area contributed by atoms with Crippen molar-refractivity contribution in [3.05, 3.63) is 84.1 Å². The van der Waals surface area contributed by atoms with Gasteiger partial charge in [-0.15, -0.1) is 0 Å². The first kappa shape index (κ1) is 18.0. The zero-order chi connectivity index (χ0) is 19.8. The number of benzene rings is 3. The third-order valence-corrected chi connectivity index (χ3v) is 5.73. The van der Waals surface area contributed by atoms with Gasteiger partial charge in [0, 0.05) is 40.2 Å². The molecule has 5 rings (SSSR count). The lowest BCUT2D eigenvalue weighted by Crippen LogP contribution is -2.21. The molecule has 1 fully saturated rings. The summed E-state index contributed by atoms with van der Waals surface area (Å²) in [6, 6.07) is 24.1. The van der Waals surface area contributed by atoms with Crippen molar-refractivity contribution in [3.8, 4) is 0 Å². The van der Waals surface area contributed by atoms with Gasteiger partial charge in [0.15, 0.2) is 0 Å². The fraction of sp³-hybridized carbons (Fsp3) is 0.231. The Morgan fingerprint density at radius 1 is 1.00 bits per heavy atom. The topological polar surface area (TPSA) is 20.7 Å². The maximum Gasteiger partial charge on any atom is 0.0988 e. The molecule has 0 radical (unpaired) electrons. The second-order valence-electron chi connectivity index (χ2n) is 7.80. The Hall–Kier alpha value is -3.04. The van der Waals surface area contributed by atoms with Gasteiger partial charge in [0.1, 0.15) is 0 Å². The molecule has 4 aromatic rings. The number of nitrogens with zero attached hydrogens (tertiary/aromatic N) is 2. The lowest BCUT2D eigenvalue weighted by atomic mass is 10.1. The first-order valence-corrected chi connectivity index (χ1v) is 10.4. The first-order valence-electron chi connectivity index (χ1n) is 10.4. The quantitative estimate of drug-likeness (QED) is 0.381. The van der Waals surface area contributed by atoms with Crippen LogP contribution in [-0.4, -0.2) is 23.8 Å². The molecular formula is C26H26N2O. The van der Waals surface area contributed by atoms with Gasteiger partial charge in [-0.05, 0) is 55.8 Å². The minimum Gasteiger partial charge on any atom is -0.371 e. The monoisotopic (exact) mass is 382 g/mol. The second kappa shape index (κ2) is 7.41. The number of aryl methyl sites for hydroxylation is 2. The molecule has 0 bridgehead atoms. The average molecular weight is 383 g/mol. The van der Waals surface area contributed by atoms with E-state index in [0.29, 0.717) is 6.10 Å².